The van der Waals surface area contributed by atoms with Crippen molar-refractivity contribution in [3.63, 3.8) is 0 Å². The van der Waals surface area contributed by atoms with E-state index in [-0.39, 0.29) is 6.04 Å². The van der Waals surface area contributed by atoms with Crippen LogP contribution in [0.25, 0.3) is 5.52 Å². The second kappa shape index (κ2) is 4.44. The number of aromatic nitrogens is 4. The fourth-order valence-electron chi connectivity index (χ4n) is 1.88. The van der Waals surface area contributed by atoms with Gasteiger partial charge in [-0.05, 0) is 25.1 Å². The molecule has 5 heteroatoms. The first kappa shape index (κ1) is 10.7. The highest BCUT2D eigenvalue weighted by molar-refractivity contribution is 5.67. The van der Waals surface area contributed by atoms with Crippen LogP contribution in [0.1, 0.15) is 18.7 Å². The van der Waals surface area contributed by atoms with Crippen molar-refractivity contribution in [2.45, 2.75) is 13.0 Å². The van der Waals surface area contributed by atoms with E-state index < -0.39 is 0 Å². The van der Waals surface area contributed by atoms with Crippen molar-refractivity contribution < 1.29 is 0 Å². The van der Waals surface area contributed by atoms with E-state index in [9.17, 15) is 0 Å². The average Bonchev–Trinajstić information content (AvgIpc) is 2.89. The molecule has 0 radical (unpaired) electrons. The number of hydrogen-bond acceptors (Lipinski definition) is 4. The summed E-state index contributed by atoms with van der Waals surface area (Å²) in [6, 6.07) is 7.91. The largest absolute Gasteiger partial charge is 0.360 e. The fraction of sp³-hybridized carbons (Fsp3) is 0.154. The Morgan fingerprint density at radius 1 is 1.11 bits per heavy atom. The van der Waals surface area contributed by atoms with E-state index >= 15 is 0 Å². The summed E-state index contributed by atoms with van der Waals surface area (Å²) in [5.74, 6) is 0.813. The molecule has 3 heterocycles. The van der Waals surface area contributed by atoms with Crippen molar-refractivity contribution in [1.29, 1.82) is 0 Å². The molecule has 0 amide bonds. The highest BCUT2D eigenvalue weighted by atomic mass is 15.2. The van der Waals surface area contributed by atoms with Gasteiger partial charge in [0.1, 0.15) is 5.52 Å². The maximum absolute atomic E-state index is 4.34. The quantitative estimate of drug-likeness (QED) is 0.762. The maximum atomic E-state index is 4.34. The third kappa shape index (κ3) is 1.90. The summed E-state index contributed by atoms with van der Waals surface area (Å²) in [6.07, 6.45) is 7.10. The zero-order chi connectivity index (χ0) is 12.4. The molecule has 3 rings (SSSR count). The number of anilines is 1. The summed E-state index contributed by atoms with van der Waals surface area (Å²) < 4.78 is 1.79. The van der Waals surface area contributed by atoms with Crippen molar-refractivity contribution in [2.24, 2.45) is 0 Å². The van der Waals surface area contributed by atoms with Gasteiger partial charge in [-0.2, -0.15) is 5.10 Å². The third-order valence-corrected chi connectivity index (χ3v) is 2.81. The van der Waals surface area contributed by atoms with E-state index in [0.717, 1.165) is 17.0 Å². The van der Waals surface area contributed by atoms with Crippen LogP contribution < -0.4 is 5.32 Å². The van der Waals surface area contributed by atoms with Crippen molar-refractivity contribution in [3.8, 4) is 0 Å². The minimum Gasteiger partial charge on any atom is -0.360 e. The summed E-state index contributed by atoms with van der Waals surface area (Å²) >= 11 is 0. The lowest BCUT2D eigenvalue weighted by Crippen LogP contribution is -2.10. The first-order chi connectivity index (χ1) is 8.84. The second-order valence-electron chi connectivity index (χ2n) is 4.06. The van der Waals surface area contributed by atoms with Gasteiger partial charge in [0.25, 0.3) is 0 Å². The standard InChI is InChI=1S/C13H13N5/c1-10(11-4-2-3-6-14-11)17-13-12-5-7-16-18(12)9-8-15-13/h2-10H,1H3,(H,15,17). The number of fused-ring (bicyclic) bond motifs is 1. The van der Waals surface area contributed by atoms with E-state index in [2.05, 4.69) is 27.3 Å². The number of rotatable bonds is 3. The Bertz CT molecular complexity index is 647. The first-order valence-electron chi connectivity index (χ1n) is 5.80. The molecule has 1 N–H and O–H groups in total. The normalized spacial score (nSPS) is 12.5. The van der Waals surface area contributed by atoms with Gasteiger partial charge in [0.2, 0.25) is 0 Å². The van der Waals surface area contributed by atoms with Crippen LogP contribution in [0.2, 0.25) is 0 Å². The van der Waals surface area contributed by atoms with E-state index in [4.69, 9.17) is 0 Å². The Hall–Kier alpha value is -2.43. The Morgan fingerprint density at radius 2 is 2.06 bits per heavy atom. The monoisotopic (exact) mass is 239 g/mol. The number of nitrogens with zero attached hydrogens (tertiary/aromatic N) is 4. The molecular weight excluding hydrogens is 226 g/mol. The molecule has 0 aliphatic carbocycles. The molecule has 0 aromatic carbocycles. The Kier molecular flexibility index (Phi) is 2.64. The lowest BCUT2D eigenvalue weighted by atomic mass is 10.2. The zero-order valence-electron chi connectivity index (χ0n) is 9.99. The Balaban J connectivity index is 1.91. The molecule has 3 aromatic rings. The van der Waals surface area contributed by atoms with Crippen LogP contribution >= 0.6 is 0 Å². The van der Waals surface area contributed by atoms with E-state index in [1.54, 1.807) is 23.1 Å². The van der Waals surface area contributed by atoms with E-state index in [1.807, 2.05) is 30.5 Å². The predicted octanol–water partition coefficient (Wildman–Crippen LogP) is 2.30. The van der Waals surface area contributed by atoms with Gasteiger partial charge in [-0.1, -0.05) is 6.07 Å². The van der Waals surface area contributed by atoms with Crippen LogP contribution in [0.3, 0.4) is 0 Å². The summed E-state index contributed by atoms with van der Waals surface area (Å²) in [5.41, 5.74) is 1.95. The Labute approximate surface area is 105 Å². The molecule has 0 aliphatic heterocycles. The molecule has 0 spiro atoms. The minimum atomic E-state index is 0.0970. The van der Waals surface area contributed by atoms with Crippen molar-refractivity contribution in [1.82, 2.24) is 19.6 Å². The molecular formula is C13H13N5. The van der Waals surface area contributed by atoms with Gasteiger partial charge in [0.05, 0.1) is 17.9 Å². The van der Waals surface area contributed by atoms with Crippen LogP contribution in [0.5, 0.6) is 0 Å². The lowest BCUT2D eigenvalue weighted by Gasteiger charge is -2.14. The zero-order valence-corrected chi connectivity index (χ0v) is 9.99. The van der Waals surface area contributed by atoms with Crippen molar-refractivity contribution >= 4 is 11.3 Å². The fourth-order valence-corrected chi connectivity index (χ4v) is 1.88. The van der Waals surface area contributed by atoms with Crippen molar-refractivity contribution in [2.75, 3.05) is 5.32 Å². The van der Waals surface area contributed by atoms with Gasteiger partial charge >= 0.3 is 0 Å². The summed E-state index contributed by atoms with van der Waals surface area (Å²) in [4.78, 5) is 8.67. The molecule has 1 atom stereocenters. The maximum Gasteiger partial charge on any atom is 0.152 e. The van der Waals surface area contributed by atoms with Crippen LogP contribution in [-0.2, 0) is 0 Å². The average molecular weight is 239 g/mol. The smallest absolute Gasteiger partial charge is 0.152 e. The predicted molar refractivity (Wildman–Crippen MR) is 69.3 cm³/mol. The molecule has 5 nitrogen and oxygen atoms in total. The molecule has 1 unspecified atom stereocenters. The number of pyridine rings is 1. The second-order valence-corrected chi connectivity index (χ2v) is 4.06. The third-order valence-electron chi connectivity index (χ3n) is 2.81. The lowest BCUT2D eigenvalue weighted by molar-refractivity contribution is 0.828. The molecule has 0 aliphatic rings. The van der Waals surface area contributed by atoms with Gasteiger partial charge in [0, 0.05) is 18.6 Å². The van der Waals surface area contributed by atoms with Crippen LogP contribution in [0, 0.1) is 0 Å². The Morgan fingerprint density at radius 3 is 2.89 bits per heavy atom. The van der Waals surface area contributed by atoms with E-state index in [0.29, 0.717) is 0 Å². The minimum absolute atomic E-state index is 0.0970. The molecule has 18 heavy (non-hydrogen) atoms. The molecule has 3 aromatic heterocycles. The number of hydrogen-bond donors (Lipinski definition) is 1. The summed E-state index contributed by atoms with van der Waals surface area (Å²) in [7, 11) is 0. The van der Waals surface area contributed by atoms with E-state index in [1.165, 1.54) is 0 Å². The molecule has 0 saturated carbocycles. The summed E-state index contributed by atoms with van der Waals surface area (Å²) in [5, 5.41) is 7.53. The SMILES string of the molecule is CC(Nc1nccn2nccc12)c1ccccn1. The highest BCUT2D eigenvalue weighted by Gasteiger charge is 2.09. The van der Waals surface area contributed by atoms with Gasteiger partial charge < -0.3 is 5.32 Å². The van der Waals surface area contributed by atoms with Crippen LogP contribution in [0.4, 0.5) is 5.82 Å². The van der Waals surface area contributed by atoms with Gasteiger partial charge in [-0.15, -0.1) is 0 Å². The molecule has 0 fully saturated rings. The summed E-state index contributed by atoms with van der Waals surface area (Å²) in [6.45, 7) is 2.06. The first-order valence-corrected chi connectivity index (χ1v) is 5.80. The molecule has 90 valence electrons. The number of nitrogens with one attached hydrogen (secondary N) is 1. The van der Waals surface area contributed by atoms with Crippen LogP contribution in [-0.4, -0.2) is 19.6 Å². The molecule has 0 bridgehead atoms. The van der Waals surface area contributed by atoms with Gasteiger partial charge in [-0.3, -0.25) is 4.98 Å². The van der Waals surface area contributed by atoms with Crippen LogP contribution in [0.15, 0.2) is 49.1 Å². The molecule has 0 saturated heterocycles. The highest BCUT2D eigenvalue weighted by Crippen LogP contribution is 2.19. The van der Waals surface area contributed by atoms with Gasteiger partial charge in [0.15, 0.2) is 5.82 Å². The topological polar surface area (TPSA) is 55.1 Å². The van der Waals surface area contributed by atoms with Gasteiger partial charge in [-0.25, -0.2) is 9.50 Å². The van der Waals surface area contributed by atoms with Crippen molar-refractivity contribution in [3.05, 3.63) is 54.7 Å².